The average Bonchev–Trinajstić information content (AvgIpc) is 2.83. The monoisotopic (exact) mass is 525 g/mol. The van der Waals surface area contributed by atoms with E-state index in [1.807, 2.05) is 6.07 Å². The van der Waals surface area contributed by atoms with Crippen LogP contribution in [0.2, 0.25) is 0 Å². The Hall–Kier alpha value is -3.21. The van der Waals surface area contributed by atoms with Gasteiger partial charge in [-0.05, 0) is 49.6 Å². The van der Waals surface area contributed by atoms with Gasteiger partial charge in [0.2, 0.25) is 21.8 Å². The summed E-state index contributed by atoms with van der Waals surface area (Å²) in [4.78, 5) is 27.5. The van der Waals surface area contributed by atoms with E-state index in [1.165, 1.54) is 18.1 Å². The van der Waals surface area contributed by atoms with Gasteiger partial charge in [0.1, 0.15) is 11.8 Å². The van der Waals surface area contributed by atoms with Crippen LogP contribution in [0.25, 0.3) is 0 Å². The molecule has 2 aromatic rings. The first-order chi connectivity index (χ1) is 17.0. The van der Waals surface area contributed by atoms with Crippen LogP contribution >= 0.6 is 0 Å². The molecule has 36 heavy (non-hydrogen) atoms. The zero-order valence-electron chi connectivity index (χ0n) is 21.0. The molecule has 0 aliphatic rings. The van der Waals surface area contributed by atoms with Crippen LogP contribution in [0.5, 0.6) is 5.75 Å². The zero-order valence-corrected chi connectivity index (χ0v) is 21.8. The lowest BCUT2D eigenvalue weighted by Gasteiger charge is -2.31. The first kappa shape index (κ1) is 29.0. The Kier molecular flexibility index (Phi) is 10.6. The Bertz CT molecular complexity index is 1160. The summed E-state index contributed by atoms with van der Waals surface area (Å²) in [7, 11) is -2.29. The van der Waals surface area contributed by atoms with Crippen LogP contribution in [-0.2, 0) is 26.2 Å². The fourth-order valence-electron chi connectivity index (χ4n) is 3.82. The Labute approximate surface area is 211 Å². The van der Waals surface area contributed by atoms with Gasteiger partial charge in [-0.3, -0.25) is 13.9 Å². The SMILES string of the molecule is CCNC(=O)[C@H](CC)N(Cc1cccc(OC)c1)C(=O)CCCN(c1ccc(F)c(F)c1)S(C)(=O)=O. The average molecular weight is 526 g/mol. The molecular weight excluding hydrogens is 492 g/mol. The highest BCUT2D eigenvalue weighted by Gasteiger charge is 2.28. The molecule has 2 rings (SSSR count). The molecule has 1 atom stereocenters. The Morgan fingerprint density at radius 1 is 1.08 bits per heavy atom. The third kappa shape index (κ3) is 7.91. The van der Waals surface area contributed by atoms with Crippen LogP contribution in [0, 0.1) is 11.6 Å². The van der Waals surface area contributed by atoms with Gasteiger partial charge in [-0.15, -0.1) is 0 Å². The second kappa shape index (κ2) is 13.2. The van der Waals surface area contributed by atoms with Gasteiger partial charge >= 0.3 is 0 Å². The van der Waals surface area contributed by atoms with Crippen LogP contribution in [0.4, 0.5) is 14.5 Å². The first-order valence-corrected chi connectivity index (χ1v) is 13.5. The van der Waals surface area contributed by atoms with Crippen molar-refractivity contribution in [2.45, 2.75) is 45.7 Å². The molecule has 2 aromatic carbocycles. The number of rotatable bonds is 13. The molecule has 0 unspecified atom stereocenters. The number of ether oxygens (including phenoxy) is 1. The number of carbonyl (C=O) groups excluding carboxylic acids is 2. The van der Waals surface area contributed by atoms with E-state index in [2.05, 4.69) is 5.32 Å². The van der Waals surface area contributed by atoms with Crippen LogP contribution in [-0.4, -0.2) is 57.6 Å². The fraction of sp³-hybridized carbons (Fsp3) is 0.440. The predicted molar refractivity (Wildman–Crippen MR) is 134 cm³/mol. The quantitative estimate of drug-likeness (QED) is 0.432. The largest absolute Gasteiger partial charge is 0.497 e. The van der Waals surface area contributed by atoms with Crippen molar-refractivity contribution >= 4 is 27.5 Å². The molecule has 0 fully saturated rings. The van der Waals surface area contributed by atoms with E-state index in [-0.39, 0.29) is 43.4 Å². The minimum absolute atomic E-state index is 0.0363. The number of likely N-dealkylation sites (N-methyl/N-ethyl adjacent to an activating group) is 1. The van der Waals surface area contributed by atoms with Crippen molar-refractivity contribution in [3.8, 4) is 5.75 Å². The molecule has 0 bridgehead atoms. The second-order valence-corrected chi connectivity index (χ2v) is 10.1. The molecule has 0 aliphatic heterocycles. The van der Waals surface area contributed by atoms with Crippen LogP contribution < -0.4 is 14.4 Å². The van der Waals surface area contributed by atoms with Crippen molar-refractivity contribution in [1.29, 1.82) is 0 Å². The van der Waals surface area contributed by atoms with Crippen molar-refractivity contribution in [1.82, 2.24) is 10.2 Å². The Morgan fingerprint density at radius 3 is 2.39 bits per heavy atom. The summed E-state index contributed by atoms with van der Waals surface area (Å²) in [6.45, 7) is 4.04. The number of hydrogen-bond donors (Lipinski definition) is 1. The van der Waals surface area contributed by atoms with Crippen molar-refractivity contribution in [2.24, 2.45) is 0 Å². The van der Waals surface area contributed by atoms with Gasteiger partial charge in [0, 0.05) is 32.1 Å². The zero-order chi connectivity index (χ0) is 26.9. The number of carbonyl (C=O) groups is 2. The van der Waals surface area contributed by atoms with Gasteiger partial charge in [-0.2, -0.15) is 0 Å². The molecular formula is C25H33F2N3O5S. The number of nitrogens with zero attached hydrogens (tertiary/aromatic N) is 2. The van der Waals surface area contributed by atoms with E-state index in [0.29, 0.717) is 18.7 Å². The molecule has 1 N–H and O–H groups in total. The molecule has 11 heteroatoms. The molecule has 0 radical (unpaired) electrons. The number of sulfonamides is 1. The molecule has 0 saturated carbocycles. The maximum absolute atomic E-state index is 13.7. The fourth-order valence-corrected chi connectivity index (χ4v) is 4.78. The van der Waals surface area contributed by atoms with Gasteiger partial charge < -0.3 is 15.0 Å². The molecule has 0 spiro atoms. The first-order valence-electron chi connectivity index (χ1n) is 11.6. The number of halogens is 2. The van der Waals surface area contributed by atoms with Crippen LogP contribution in [0.3, 0.4) is 0 Å². The normalized spacial score (nSPS) is 12.1. The summed E-state index contributed by atoms with van der Waals surface area (Å²) >= 11 is 0. The lowest BCUT2D eigenvalue weighted by Crippen LogP contribution is -2.49. The van der Waals surface area contributed by atoms with Gasteiger partial charge in [-0.25, -0.2) is 17.2 Å². The number of hydrogen-bond acceptors (Lipinski definition) is 5. The van der Waals surface area contributed by atoms with Gasteiger partial charge in [0.05, 0.1) is 19.1 Å². The van der Waals surface area contributed by atoms with Crippen molar-refractivity contribution in [2.75, 3.05) is 30.8 Å². The maximum Gasteiger partial charge on any atom is 0.242 e. The predicted octanol–water partition coefficient (Wildman–Crippen LogP) is 3.46. The molecule has 2 amide bonds. The lowest BCUT2D eigenvalue weighted by atomic mass is 10.1. The highest BCUT2D eigenvalue weighted by molar-refractivity contribution is 7.92. The number of amides is 2. The van der Waals surface area contributed by atoms with Gasteiger partial charge in [0.25, 0.3) is 0 Å². The summed E-state index contributed by atoms with van der Waals surface area (Å²) in [5.41, 5.74) is 0.732. The molecule has 0 heterocycles. The molecule has 198 valence electrons. The molecule has 0 saturated heterocycles. The maximum atomic E-state index is 13.7. The molecule has 0 aliphatic carbocycles. The third-order valence-corrected chi connectivity index (χ3v) is 6.76. The van der Waals surface area contributed by atoms with Crippen molar-refractivity contribution < 1.29 is 31.5 Å². The van der Waals surface area contributed by atoms with Crippen molar-refractivity contribution in [3.05, 3.63) is 59.7 Å². The van der Waals surface area contributed by atoms with Crippen LogP contribution in [0.1, 0.15) is 38.7 Å². The van der Waals surface area contributed by atoms with E-state index < -0.39 is 27.7 Å². The van der Waals surface area contributed by atoms with Crippen molar-refractivity contribution in [3.63, 3.8) is 0 Å². The summed E-state index contributed by atoms with van der Waals surface area (Å²) in [5.74, 6) is -2.27. The highest BCUT2D eigenvalue weighted by Crippen LogP contribution is 2.22. The standard InChI is InChI=1S/C25H33F2N3O5S/c1-5-23(25(32)28-6-2)29(17-18-9-7-10-20(15-18)35-3)24(31)11-8-14-30(36(4,33)34)19-12-13-21(26)22(27)16-19/h7,9-10,12-13,15-16,23H,5-6,8,11,14,17H2,1-4H3,(H,28,32)/t23-/m0/s1. The topological polar surface area (TPSA) is 96.0 Å². The van der Waals surface area contributed by atoms with Gasteiger partial charge in [0.15, 0.2) is 11.6 Å². The minimum atomic E-state index is -3.82. The molecule has 8 nitrogen and oxygen atoms in total. The Balaban J connectivity index is 2.23. The summed E-state index contributed by atoms with van der Waals surface area (Å²) in [6, 6.07) is 9.25. The number of methoxy groups -OCH3 is 1. The van der Waals surface area contributed by atoms with E-state index in [4.69, 9.17) is 4.74 Å². The van der Waals surface area contributed by atoms with Crippen LogP contribution in [0.15, 0.2) is 42.5 Å². The van der Waals surface area contributed by atoms with E-state index in [1.54, 1.807) is 32.0 Å². The Morgan fingerprint density at radius 2 is 1.81 bits per heavy atom. The smallest absolute Gasteiger partial charge is 0.242 e. The minimum Gasteiger partial charge on any atom is -0.497 e. The van der Waals surface area contributed by atoms with Gasteiger partial charge in [-0.1, -0.05) is 19.1 Å². The third-order valence-electron chi connectivity index (χ3n) is 5.57. The van der Waals surface area contributed by atoms with E-state index in [0.717, 1.165) is 28.3 Å². The number of anilines is 1. The number of nitrogens with one attached hydrogen (secondary N) is 1. The highest BCUT2D eigenvalue weighted by atomic mass is 32.2. The second-order valence-electron chi connectivity index (χ2n) is 8.23. The number of benzene rings is 2. The van der Waals surface area contributed by atoms with E-state index in [9.17, 15) is 26.8 Å². The lowest BCUT2D eigenvalue weighted by molar-refractivity contribution is -0.141. The summed E-state index contributed by atoms with van der Waals surface area (Å²) < 4.78 is 57.8. The summed E-state index contributed by atoms with van der Waals surface area (Å²) in [6.07, 6.45) is 1.38. The summed E-state index contributed by atoms with van der Waals surface area (Å²) in [5, 5.41) is 2.75. The van der Waals surface area contributed by atoms with E-state index >= 15 is 0 Å². The molecule has 0 aromatic heterocycles.